The summed E-state index contributed by atoms with van der Waals surface area (Å²) in [6.07, 6.45) is 4.49. The van der Waals surface area contributed by atoms with E-state index in [1.165, 1.54) is 0 Å². The van der Waals surface area contributed by atoms with Crippen LogP contribution in [0.1, 0.15) is 39.0 Å². The Hall–Kier alpha value is -0.280. The molecule has 1 rings (SSSR count). The molecule has 3 nitrogen and oxygen atoms in total. The molecule has 1 unspecified atom stereocenters. The van der Waals surface area contributed by atoms with Crippen molar-refractivity contribution in [1.82, 2.24) is 5.32 Å². The Bertz CT molecular complexity index is 211. The number of carbonyl (C=O) groups excluding carboxylic acids is 1. The van der Waals surface area contributed by atoms with Crippen LogP contribution in [0.4, 0.5) is 0 Å². The first-order valence-corrected chi connectivity index (χ1v) is 6.01. The largest absolute Gasteiger partial charge is 0.378 e. The zero-order chi connectivity index (χ0) is 11.3. The molecule has 0 radical (unpaired) electrons. The molecule has 88 valence electrons. The number of halogens is 1. The summed E-state index contributed by atoms with van der Waals surface area (Å²) in [7, 11) is 1.68. The van der Waals surface area contributed by atoms with Crippen LogP contribution in [0.5, 0.6) is 0 Å². The standard InChI is InChI=1S/C11H20ClNO2/c1-3-9(12)8-13-10(14)7-11(15-2)5-4-6-11/h9H,3-8H2,1-2H3,(H,13,14). The number of nitrogens with one attached hydrogen (secondary N) is 1. The molecule has 1 fully saturated rings. The van der Waals surface area contributed by atoms with Gasteiger partial charge in [-0.25, -0.2) is 0 Å². The van der Waals surface area contributed by atoms with Gasteiger partial charge in [0.2, 0.25) is 5.91 Å². The molecule has 0 aromatic heterocycles. The van der Waals surface area contributed by atoms with Gasteiger partial charge in [-0.3, -0.25) is 4.79 Å². The second-order valence-electron chi connectivity index (χ2n) is 4.23. The van der Waals surface area contributed by atoms with Crippen LogP contribution in [0.2, 0.25) is 0 Å². The molecular weight excluding hydrogens is 214 g/mol. The second-order valence-corrected chi connectivity index (χ2v) is 4.84. The molecule has 0 saturated heterocycles. The van der Waals surface area contributed by atoms with Crippen LogP contribution >= 0.6 is 11.6 Å². The van der Waals surface area contributed by atoms with Crippen LogP contribution in [-0.2, 0) is 9.53 Å². The van der Waals surface area contributed by atoms with Gasteiger partial charge in [-0.05, 0) is 25.7 Å². The third kappa shape index (κ3) is 3.65. The van der Waals surface area contributed by atoms with Crippen molar-refractivity contribution in [3.05, 3.63) is 0 Å². The molecule has 1 aliphatic rings. The number of methoxy groups -OCH3 is 1. The van der Waals surface area contributed by atoms with Crippen molar-refractivity contribution in [2.45, 2.75) is 50.0 Å². The third-order valence-electron chi connectivity index (χ3n) is 3.14. The fourth-order valence-electron chi connectivity index (χ4n) is 1.75. The SMILES string of the molecule is CCC(Cl)CNC(=O)CC1(OC)CCC1. The van der Waals surface area contributed by atoms with Gasteiger partial charge in [0.25, 0.3) is 0 Å². The average molecular weight is 234 g/mol. The van der Waals surface area contributed by atoms with E-state index in [1.54, 1.807) is 7.11 Å². The van der Waals surface area contributed by atoms with Crippen molar-refractivity contribution < 1.29 is 9.53 Å². The molecule has 0 spiro atoms. The van der Waals surface area contributed by atoms with Gasteiger partial charge in [0.05, 0.1) is 17.4 Å². The first kappa shape index (κ1) is 12.8. The van der Waals surface area contributed by atoms with E-state index in [9.17, 15) is 4.79 Å². The van der Waals surface area contributed by atoms with Gasteiger partial charge in [-0.2, -0.15) is 0 Å². The highest BCUT2D eigenvalue weighted by Gasteiger charge is 2.38. The molecule has 4 heteroatoms. The summed E-state index contributed by atoms with van der Waals surface area (Å²) < 4.78 is 5.38. The third-order valence-corrected chi connectivity index (χ3v) is 3.61. The molecule has 1 atom stereocenters. The summed E-state index contributed by atoms with van der Waals surface area (Å²) in [5.41, 5.74) is -0.182. The topological polar surface area (TPSA) is 38.3 Å². The quantitative estimate of drug-likeness (QED) is 0.714. The molecule has 1 aliphatic carbocycles. The van der Waals surface area contributed by atoms with E-state index < -0.39 is 0 Å². The highest BCUT2D eigenvalue weighted by atomic mass is 35.5. The molecule has 0 bridgehead atoms. The smallest absolute Gasteiger partial charge is 0.222 e. The minimum atomic E-state index is -0.182. The van der Waals surface area contributed by atoms with E-state index in [0.29, 0.717) is 13.0 Å². The number of rotatable bonds is 6. The van der Waals surface area contributed by atoms with Crippen LogP contribution in [0.25, 0.3) is 0 Å². The summed E-state index contributed by atoms with van der Waals surface area (Å²) in [5.74, 6) is 0.0515. The van der Waals surface area contributed by atoms with E-state index in [2.05, 4.69) is 5.32 Å². The molecule has 0 aromatic rings. The number of ether oxygens (including phenoxy) is 1. The lowest BCUT2D eigenvalue weighted by Crippen LogP contribution is -2.44. The zero-order valence-electron chi connectivity index (χ0n) is 9.51. The summed E-state index contributed by atoms with van der Waals surface area (Å²) in [6, 6.07) is 0. The lowest BCUT2D eigenvalue weighted by Gasteiger charge is -2.39. The van der Waals surface area contributed by atoms with Crippen LogP contribution < -0.4 is 5.32 Å². The average Bonchev–Trinajstić information content (AvgIpc) is 2.20. The molecule has 0 aromatic carbocycles. The number of carbonyl (C=O) groups is 1. The summed E-state index contributed by atoms with van der Waals surface area (Å²) in [6.45, 7) is 2.56. The molecule has 1 saturated carbocycles. The summed E-state index contributed by atoms with van der Waals surface area (Å²) in [4.78, 5) is 11.6. The predicted molar refractivity (Wildman–Crippen MR) is 61.1 cm³/mol. The van der Waals surface area contributed by atoms with Gasteiger partial charge >= 0.3 is 0 Å². The monoisotopic (exact) mass is 233 g/mol. The number of alkyl halides is 1. The van der Waals surface area contributed by atoms with Crippen LogP contribution in [0, 0.1) is 0 Å². The van der Waals surface area contributed by atoms with E-state index in [4.69, 9.17) is 16.3 Å². The minimum absolute atomic E-state index is 0.0360. The van der Waals surface area contributed by atoms with E-state index in [0.717, 1.165) is 25.7 Å². The van der Waals surface area contributed by atoms with Gasteiger partial charge in [-0.1, -0.05) is 6.92 Å². The van der Waals surface area contributed by atoms with E-state index >= 15 is 0 Å². The van der Waals surface area contributed by atoms with Crippen molar-refractivity contribution in [3.8, 4) is 0 Å². The Morgan fingerprint density at radius 3 is 2.67 bits per heavy atom. The fraction of sp³-hybridized carbons (Fsp3) is 0.909. The Balaban J connectivity index is 2.23. The van der Waals surface area contributed by atoms with Gasteiger partial charge in [0.15, 0.2) is 0 Å². The van der Waals surface area contributed by atoms with Crippen molar-refractivity contribution in [3.63, 3.8) is 0 Å². The van der Waals surface area contributed by atoms with Crippen LogP contribution in [0.3, 0.4) is 0 Å². The van der Waals surface area contributed by atoms with Crippen molar-refractivity contribution in [1.29, 1.82) is 0 Å². The van der Waals surface area contributed by atoms with Crippen LogP contribution in [-0.4, -0.2) is 30.5 Å². The van der Waals surface area contributed by atoms with Crippen LogP contribution in [0.15, 0.2) is 0 Å². The van der Waals surface area contributed by atoms with E-state index in [1.807, 2.05) is 6.92 Å². The van der Waals surface area contributed by atoms with Crippen molar-refractivity contribution >= 4 is 17.5 Å². The summed E-state index contributed by atoms with van der Waals surface area (Å²) in [5, 5.41) is 2.88. The first-order valence-electron chi connectivity index (χ1n) is 5.58. The lowest BCUT2D eigenvalue weighted by atomic mass is 9.77. The maximum Gasteiger partial charge on any atom is 0.222 e. The first-order chi connectivity index (χ1) is 7.12. The Morgan fingerprint density at radius 2 is 2.27 bits per heavy atom. The lowest BCUT2D eigenvalue weighted by molar-refractivity contribution is -0.134. The van der Waals surface area contributed by atoms with Crippen molar-refractivity contribution in [2.75, 3.05) is 13.7 Å². The van der Waals surface area contributed by atoms with Gasteiger partial charge in [0.1, 0.15) is 0 Å². The maximum absolute atomic E-state index is 11.6. The molecule has 1 N–H and O–H groups in total. The minimum Gasteiger partial charge on any atom is -0.378 e. The maximum atomic E-state index is 11.6. The van der Waals surface area contributed by atoms with Crippen molar-refractivity contribution in [2.24, 2.45) is 0 Å². The highest BCUT2D eigenvalue weighted by Crippen LogP contribution is 2.37. The number of hydrogen-bond acceptors (Lipinski definition) is 2. The number of amides is 1. The normalized spacial score (nSPS) is 20.5. The summed E-state index contributed by atoms with van der Waals surface area (Å²) >= 11 is 5.92. The Labute approximate surface area is 96.5 Å². The van der Waals surface area contributed by atoms with E-state index in [-0.39, 0.29) is 16.9 Å². The predicted octanol–water partition coefficient (Wildman–Crippen LogP) is 2.08. The second kappa shape index (κ2) is 5.71. The van der Waals surface area contributed by atoms with Gasteiger partial charge < -0.3 is 10.1 Å². The van der Waals surface area contributed by atoms with Gasteiger partial charge in [-0.15, -0.1) is 11.6 Å². The molecular formula is C11H20ClNO2. The molecule has 0 heterocycles. The Morgan fingerprint density at radius 1 is 1.60 bits per heavy atom. The zero-order valence-corrected chi connectivity index (χ0v) is 10.3. The van der Waals surface area contributed by atoms with Gasteiger partial charge in [0, 0.05) is 13.7 Å². The molecule has 0 aliphatic heterocycles. The highest BCUT2D eigenvalue weighted by molar-refractivity contribution is 6.20. The fourth-order valence-corrected chi connectivity index (χ4v) is 1.83. The number of hydrogen-bond donors (Lipinski definition) is 1. The Kier molecular flexibility index (Phi) is 4.87. The molecule has 15 heavy (non-hydrogen) atoms. The molecule has 1 amide bonds.